The fraction of sp³-hybridized carbons (Fsp3) is 0.727. The zero-order valence-electron chi connectivity index (χ0n) is 17.7. The van der Waals surface area contributed by atoms with Gasteiger partial charge in [-0.15, -0.1) is 0 Å². The van der Waals surface area contributed by atoms with Crippen LogP contribution in [0.15, 0.2) is 12.1 Å². The van der Waals surface area contributed by atoms with E-state index >= 15 is 0 Å². The molecule has 0 aromatic carbocycles. The molecule has 0 aliphatic carbocycles. The molecule has 1 amide bonds. The Labute approximate surface area is 164 Å². The molecule has 0 spiro atoms. The van der Waals surface area contributed by atoms with Gasteiger partial charge in [0.1, 0.15) is 5.82 Å². The standard InChI is InChI=1S/C22H36N4O/c1-6-7-22(27)26-15-12-20-19(17(26)4)8-9-21(23-20)24(5)18-10-13-25(14-11-18)16(2)3/h8-9,16-18H,6-7,10-15H2,1-5H3. The number of hydrogen-bond donors (Lipinski definition) is 0. The van der Waals surface area contributed by atoms with Crippen LogP contribution >= 0.6 is 0 Å². The molecule has 150 valence electrons. The molecular weight excluding hydrogens is 336 g/mol. The van der Waals surface area contributed by atoms with Crippen LogP contribution in [0.4, 0.5) is 5.82 Å². The van der Waals surface area contributed by atoms with Crippen molar-refractivity contribution in [1.29, 1.82) is 0 Å². The Balaban J connectivity index is 1.69. The molecule has 1 atom stereocenters. The summed E-state index contributed by atoms with van der Waals surface area (Å²) < 4.78 is 0. The van der Waals surface area contributed by atoms with E-state index in [1.54, 1.807) is 0 Å². The molecule has 5 nitrogen and oxygen atoms in total. The molecule has 2 aliphatic rings. The number of likely N-dealkylation sites (tertiary alicyclic amines) is 1. The highest BCUT2D eigenvalue weighted by molar-refractivity contribution is 5.77. The highest BCUT2D eigenvalue weighted by atomic mass is 16.2. The van der Waals surface area contributed by atoms with Gasteiger partial charge in [-0.2, -0.15) is 0 Å². The fourth-order valence-electron chi connectivity index (χ4n) is 4.54. The number of nitrogens with zero attached hydrogens (tertiary/aromatic N) is 4. The number of aromatic nitrogens is 1. The van der Waals surface area contributed by atoms with Crippen molar-refractivity contribution < 1.29 is 4.79 Å². The minimum atomic E-state index is 0.133. The van der Waals surface area contributed by atoms with Gasteiger partial charge in [-0.05, 0) is 51.7 Å². The van der Waals surface area contributed by atoms with E-state index in [1.807, 2.05) is 4.90 Å². The lowest BCUT2D eigenvalue weighted by molar-refractivity contribution is -0.133. The lowest BCUT2D eigenvalue weighted by atomic mass is 9.97. The van der Waals surface area contributed by atoms with Crippen molar-refractivity contribution in [3.63, 3.8) is 0 Å². The maximum atomic E-state index is 12.4. The summed E-state index contributed by atoms with van der Waals surface area (Å²) in [6, 6.07) is 5.69. The zero-order valence-corrected chi connectivity index (χ0v) is 17.7. The van der Waals surface area contributed by atoms with Crippen molar-refractivity contribution in [1.82, 2.24) is 14.8 Å². The summed E-state index contributed by atoms with van der Waals surface area (Å²) >= 11 is 0. The second kappa shape index (κ2) is 8.59. The molecule has 27 heavy (non-hydrogen) atoms. The van der Waals surface area contributed by atoms with Crippen molar-refractivity contribution >= 4 is 11.7 Å². The van der Waals surface area contributed by atoms with Crippen LogP contribution in [0.25, 0.3) is 0 Å². The van der Waals surface area contributed by atoms with E-state index < -0.39 is 0 Å². The third-order valence-corrected chi connectivity index (χ3v) is 6.42. The van der Waals surface area contributed by atoms with Gasteiger partial charge in [0.15, 0.2) is 0 Å². The van der Waals surface area contributed by atoms with E-state index in [0.29, 0.717) is 18.5 Å². The predicted molar refractivity (Wildman–Crippen MR) is 111 cm³/mol. The molecule has 2 aliphatic heterocycles. The van der Waals surface area contributed by atoms with Crippen LogP contribution in [-0.2, 0) is 11.2 Å². The Morgan fingerprint density at radius 2 is 1.96 bits per heavy atom. The fourth-order valence-corrected chi connectivity index (χ4v) is 4.54. The number of piperidine rings is 1. The number of fused-ring (bicyclic) bond motifs is 1. The van der Waals surface area contributed by atoms with Gasteiger partial charge in [0, 0.05) is 57.3 Å². The van der Waals surface area contributed by atoms with Gasteiger partial charge in [-0.1, -0.05) is 13.0 Å². The van der Waals surface area contributed by atoms with Crippen LogP contribution in [0.2, 0.25) is 0 Å². The van der Waals surface area contributed by atoms with Gasteiger partial charge in [0.05, 0.1) is 6.04 Å². The van der Waals surface area contributed by atoms with Gasteiger partial charge in [-0.25, -0.2) is 4.98 Å². The average molecular weight is 373 g/mol. The first kappa shape index (κ1) is 20.1. The number of rotatable bonds is 5. The normalized spacial score (nSPS) is 21.4. The van der Waals surface area contributed by atoms with Gasteiger partial charge < -0.3 is 14.7 Å². The van der Waals surface area contributed by atoms with E-state index in [0.717, 1.165) is 25.2 Å². The number of carbonyl (C=O) groups is 1. The maximum Gasteiger partial charge on any atom is 0.223 e. The van der Waals surface area contributed by atoms with Crippen LogP contribution < -0.4 is 4.90 Å². The molecule has 1 unspecified atom stereocenters. The first-order valence-electron chi connectivity index (χ1n) is 10.7. The highest BCUT2D eigenvalue weighted by Crippen LogP contribution is 2.31. The van der Waals surface area contributed by atoms with E-state index in [1.165, 1.54) is 37.2 Å². The summed E-state index contributed by atoms with van der Waals surface area (Å²) in [4.78, 5) is 24.3. The van der Waals surface area contributed by atoms with Crippen LogP contribution in [0.5, 0.6) is 0 Å². The molecule has 0 N–H and O–H groups in total. The lowest BCUT2D eigenvalue weighted by Gasteiger charge is -2.39. The van der Waals surface area contributed by atoms with Gasteiger partial charge in [0.2, 0.25) is 5.91 Å². The largest absolute Gasteiger partial charge is 0.357 e. The molecule has 0 bridgehead atoms. The SMILES string of the molecule is CCCC(=O)N1CCc2nc(N(C)C3CCN(C(C)C)CC3)ccc2C1C. The Bertz CT molecular complexity index is 652. The second-order valence-corrected chi connectivity index (χ2v) is 8.44. The molecule has 1 aromatic heterocycles. The summed E-state index contributed by atoms with van der Waals surface area (Å²) in [5.41, 5.74) is 2.39. The quantitative estimate of drug-likeness (QED) is 0.791. The number of anilines is 1. The number of pyridine rings is 1. The van der Waals surface area contributed by atoms with E-state index in [4.69, 9.17) is 4.98 Å². The maximum absolute atomic E-state index is 12.4. The topological polar surface area (TPSA) is 39.7 Å². The highest BCUT2D eigenvalue weighted by Gasteiger charge is 2.29. The molecular formula is C22H36N4O. The molecule has 0 saturated carbocycles. The Kier molecular flexibility index (Phi) is 6.40. The molecule has 3 rings (SSSR count). The minimum Gasteiger partial charge on any atom is -0.357 e. The molecule has 5 heteroatoms. The van der Waals surface area contributed by atoms with Gasteiger partial charge >= 0.3 is 0 Å². The van der Waals surface area contributed by atoms with Crippen LogP contribution in [-0.4, -0.2) is 59.5 Å². The van der Waals surface area contributed by atoms with Crippen molar-refractivity contribution in [2.24, 2.45) is 0 Å². The number of carbonyl (C=O) groups excluding carboxylic acids is 1. The summed E-state index contributed by atoms with van der Waals surface area (Å²) in [7, 11) is 2.19. The summed E-state index contributed by atoms with van der Waals surface area (Å²) in [6.45, 7) is 11.9. The predicted octanol–water partition coefficient (Wildman–Crippen LogP) is 3.64. The van der Waals surface area contributed by atoms with E-state index in [9.17, 15) is 4.79 Å². The summed E-state index contributed by atoms with van der Waals surface area (Å²) in [6.07, 6.45) is 4.81. The monoisotopic (exact) mass is 372 g/mol. The second-order valence-electron chi connectivity index (χ2n) is 8.44. The smallest absolute Gasteiger partial charge is 0.223 e. The minimum absolute atomic E-state index is 0.133. The zero-order chi connectivity index (χ0) is 19.6. The van der Waals surface area contributed by atoms with Crippen molar-refractivity contribution in [3.8, 4) is 0 Å². The van der Waals surface area contributed by atoms with Crippen molar-refractivity contribution in [2.45, 2.75) is 77.9 Å². The molecule has 1 saturated heterocycles. The first-order chi connectivity index (χ1) is 12.9. The van der Waals surface area contributed by atoms with Crippen molar-refractivity contribution in [3.05, 3.63) is 23.4 Å². The van der Waals surface area contributed by atoms with Crippen molar-refractivity contribution in [2.75, 3.05) is 31.6 Å². The summed E-state index contributed by atoms with van der Waals surface area (Å²) in [5.74, 6) is 1.35. The Morgan fingerprint density at radius 3 is 2.59 bits per heavy atom. The van der Waals surface area contributed by atoms with Crippen LogP contribution in [0.1, 0.15) is 70.7 Å². The number of hydrogen-bond acceptors (Lipinski definition) is 4. The number of amides is 1. The Morgan fingerprint density at radius 1 is 1.26 bits per heavy atom. The molecule has 0 radical (unpaired) electrons. The van der Waals surface area contributed by atoms with Gasteiger partial charge in [-0.3, -0.25) is 4.79 Å². The Hall–Kier alpha value is -1.62. The average Bonchev–Trinajstić information content (AvgIpc) is 2.67. The third-order valence-electron chi connectivity index (χ3n) is 6.42. The molecule has 1 aromatic rings. The first-order valence-corrected chi connectivity index (χ1v) is 10.7. The van der Waals surface area contributed by atoms with Crippen LogP contribution in [0.3, 0.4) is 0 Å². The van der Waals surface area contributed by atoms with E-state index in [2.05, 4.69) is 56.7 Å². The van der Waals surface area contributed by atoms with E-state index in [-0.39, 0.29) is 11.9 Å². The molecule has 3 heterocycles. The van der Waals surface area contributed by atoms with Gasteiger partial charge in [0.25, 0.3) is 0 Å². The third kappa shape index (κ3) is 4.29. The lowest BCUT2D eigenvalue weighted by Crippen LogP contribution is -2.46. The van der Waals surface area contributed by atoms with Crippen LogP contribution in [0, 0.1) is 0 Å². The molecule has 1 fully saturated rings. The summed E-state index contributed by atoms with van der Waals surface area (Å²) in [5, 5.41) is 0.